The summed E-state index contributed by atoms with van der Waals surface area (Å²) in [5.41, 5.74) is -0.185. The number of hydrogen-bond donors (Lipinski definition) is 1. The zero-order valence-electron chi connectivity index (χ0n) is 7.78. The summed E-state index contributed by atoms with van der Waals surface area (Å²) in [6.45, 7) is 3.80. The summed E-state index contributed by atoms with van der Waals surface area (Å²) < 4.78 is 1.60. The molecule has 1 N–H and O–H groups in total. The minimum absolute atomic E-state index is 0.645. The van der Waals surface area contributed by atoms with Gasteiger partial charge in [-0.15, -0.1) is 5.10 Å². The van der Waals surface area contributed by atoms with Gasteiger partial charge in [0.15, 0.2) is 0 Å². The van der Waals surface area contributed by atoms with E-state index in [1.165, 1.54) is 0 Å². The van der Waals surface area contributed by atoms with E-state index in [4.69, 9.17) is 0 Å². The van der Waals surface area contributed by atoms with Crippen molar-refractivity contribution in [2.24, 2.45) is 7.05 Å². The van der Waals surface area contributed by atoms with Gasteiger partial charge in [0.2, 0.25) is 0 Å². The number of aliphatic hydroxyl groups is 1. The van der Waals surface area contributed by atoms with Crippen molar-refractivity contribution >= 4 is 0 Å². The van der Waals surface area contributed by atoms with Crippen LogP contribution in [0.5, 0.6) is 0 Å². The first-order chi connectivity index (χ1) is 5.56. The van der Waals surface area contributed by atoms with Crippen LogP contribution in [0.4, 0.5) is 0 Å². The zero-order valence-corrected chi connectivity index (χ0v) is 7.78. The lowest BCUT2D eigenvalue weighted by Gasteiger charge is -2.18. The highest BCUT2D eigenvalue weighted by molar-refractivity contribution is 5.04. The Morgan fingerprint density at radius 1 is 1.67 bits per heavy atom. The Kier molecular flexibility index (Phi) is 2.47. The van der Waals surface area contributed by atoms with Crippen molar-refractivity contribution in [1.82, 2.24) is 15.0 Å². The molecule has 0 aliphatic carbocycles. The summed E-state index contributed by atoms with van der Waals surface area (Å²) in [6.07, 6.45) is 3.39. The third-order valence-electron chi connectivity index (χ3n) is 1.89. The van der Waals surface area contributed by atoms with E-state index in [1.54, 1.807) is 24.9 Å². The van der Waals surface area contributed by atoms with Gasteiger partial charge >= 0.3 is 0 Å². The van der Waals surface area contributed by atoms with Gasteiger partial charge in [0, 0.05) is 7.05 Å². The van der Waals surface area contributed by atoms with Crippen LogP contribution in [0, 0.1) is 0 Å². The van der Waals surface area contributed by atoms with Gasteiger partial charge in [-0.2, -0.15) is 0 Å². The number of hydrogen-bond acceptors (Lipinski definition) is 3. The smallest absolute Gasteiger partial charge is 0.114 e. The number of nitrogens with zero attached hydrogens (tertiary/aromatic N) is 3. The molecule has 68 valence electrons. The van der Waals surface area contributed by atoms with Crippen molar-refractivity contribution in [3.8, 4) is 0 Å². The van der Waals surface area contributed by atoms with Gasteiger partial charge in [-0.3, -0.25) is 4.68 Å². The summed E-state index contributed by atoms with van der Waals surface area (Å²) in [7, 11) is 1.79. The van der Waals surface area contributed by atoms with E-state index >= 15 is 0 Å². The van der Waals surface area contributed by atoms with Gasteiger partial charge < -0.3 is 5.11 Å². The van der Waals surface area contributed by atoms with Crippen molar-refractivity contribution in [1.29, 1.82) is 0 Å². The van der Waals surface area contributed by atoms with Crippen LogP contribution in [0.15, 0.2) is 6.20 Å². The van der Waals surface area contributed by atoms with Crippen LogP contribution in [0.3, 0.4) is 0 Å². The van der Waals surface area contributed by atoms with Crippen LogP contribution in [0.2, 0.25) is 0 Å². The van der Waals surface area contributed by atoms with Crippen molar-refractivity contribution in [3.05, 3.63) is 11.9 Å². The largest absolute Gasteiger partial charge is 0.384 e. The molecule has 1 heterocycles. The van der Waals surface area contributed by atoms with Crippen molar-refractivity contribution < 1.29 is 5.11 Å². The normalized spacial score (nSPS) is 16.0. The Bertz CT molecular complexity index is 255. The highest BCUT2D eigenvalue weighted by Gasteiger charge is 2.24. The van der Waals surface area contributed by atoms with Gasteiger partial charge in [-0.05, 0) is 13.3 Å². The molecular formula is C8H15N3O. The quantitative estimate of drug-likeness (QED) is 0.729. The van der Waals surface area contributed by atoms with Gasteiger partial charge in [0.25, 0.3) is 0 Å². The average molecular weight is 169 g/mol. The summed E-state index contributed by atoms with van der Waals surface area (Å²) in [6, 6.07) is 0. The summed E-state index contributed by atoms with van der Waals surface area (Å²) >= 11 is 0. The minimum atomic E-state index is -0.830. The molecule has 0 bridgehead atoms. The molecule has 0 fully saturated rings. The SMILES string of the molecule is CCCC(C)(O)c1cn(C)nn1. The molecule has 4 heteroatoms. The Balaban J connectivity index is 2.81. The molecule has 1 atom stereocenters. The third kappa shape index (κ3) is 1.82. The molecule has 1 aromatic heterocycles. The minimum Gasteiger partial charge on any atom is -0.384 e. The second-order valence-electron chi connectivity index (χ2n) is 3.30. The first-order valence-electron chi connectivity index (χ1n) is 4.15. The molecule has 0 radical (unpaired) electrons. The molecule has 0 aromatic carbocycles. The molecule has 0 aliphatic heterocycles. The number of aryl methyl sites for hydroxylation is 1. The fraction of sp³-hybridized carbons (Fsp3) is 0.750. The zero-order chi connectivity index (χ0) is 9.19. The fourth-order valence-corrected chi connectivity index (χ4v) is 1.21. The van der Waals surface area contributed by atoms with Gasteiger partial charge in [0.1, 0.15) is 11.3 Å². The highest BCUT2D eigenvalue weighted by atomic mass is 16.3. The Morgan fingerprint density at radius 3 is 2.75 bits per heavy atom. The van der Waals surface area contributed by atoms with Crippen molar-refractivity contribution in [3.63, 3.8) is 0 Å². The molecule has 0 saturated carbocycles. The van der Waals surface area contributed by atoms with Crippen LogP contribution < -0.4 is 0 Å². The topological polar surface area (TPSA) is 50.9 Å². The Hall–Kier alpha value is -0.900. The average Bonchev–Trinajstić information content (AvgIpc) is 2.36. The van der Waals surface area contributed by atoms with Gasteiger partial charge in [-0.25, -0.2) is 0 Å². The number of aromatic nitrogens is 3. The van der Waals surface area contributed by atoms with E-state index in [-0.39, 0.29) is 0 Å². The van der Waals surface area contributed by atoms with Crippen molar-refractivity contribution in [2.45, 2.75) is 32.3 Å². The molecule has 12 heavy (non-hydrogen) atoms. The van der Waals surface area contributed by atoms with E-state index in [1.807, 2.05) is 6.92 Å². The first kappa shape index (κ1) is 9.19. The standard InChI is InChI=1S/C8H15N3O/c1-4-5-8(2,12)7-6-11(3)10-9-7/h6,12H,4-5H2,1-3H3. The molecule has 0 aliphatic rings. The molecule has 0 saturated heterocycles. The van der Waals surface area contributed by atoms with Crippen LogP contribution in [-0.2, 0) is 12.6 Å². The monoisotopic (exact) mass is 169 g/mol. The van der Waals surface area contributed by atoms with E-state index in [2.05, 4.69) is 10.3 Å². The van der Waals surface area contributed by atoms with Crippen LogP contribution >= 0.6 is 0 Å². The van der Waals surface area contributed by atoms with Crippen molar-refractivity contribution in [2.75, 3.05) is 0 Å². The predicted octanol–water partition coefficient (Wildman–Crippen LogP) is 0.823. The van der Waals surface area contributed by atoms with E-state index in [0.717, 1.165) is 6.42 Å². The van der Waals surface area contributed by atoms with Gasteiger partial charge in [-0.1, -0.05) is 18.6 Å². The molecule has 1 rings (SSSR count). The Morgan fingerprint density at radius 2 is 2.33 bits per heavy atom. The second-order valence-corrected chi connectivity index (χ2v) is 3.30. The third-order valence-corrected chi connectivity index (χ3v) is 1.89. The van der Waals surface area contributed by atoms with Gasteiger partial charge in [0.05, 0.1) is 6.20 Å². The highest BCUT2D eigenvalue weighted by Crippen LogP contribution is 2.22. The van der Waals surface area contributed by atoms with E-state index < -0.39 is 5.60 Å². The first-order valence-corrected chi connectivity index (χ1v) is 4.15. The molecular weight excluding hydrogens is 154 g/mol. The van der Waals surface area contributed by atoms with Crippen LogP contribution in [0.1, 0.15) is 32.4 Å². The summed E-state index contributed by atoms with van der Waals surface area (Å²) in [4.78, 5) is 0. The van der Waals surface area contributed by atoms with Crippen LogP contribution in [0.25, 0.3) is 0 Å². The lowest BCUT2D eigenvalue weighted by Crippen LogP contribution is -2.21. The Labute approximate surface area is 72.2 Å². The predicted molar refractivity (Wildman–Crippen MR) is 45.5 cm³/mol. The van der Waals surface area contributed by atoms with Crippen LogP contribution in [-0.4, -0.2) is 20.1 Å². The van der Waals surface area contributed by atoms with E-state index in [9.17, 15) is 5.11 Å². The fourth-order valence-electron chi connectivity index (χ4n) is 1.21. The molecule has 0 spiro atoms. The van der Waals surface area contributed by atoms with E-state index in [0.29, 0.717) is 12.1 Å². The summed E-state index contributed by atoms with van der Waals surface area (Å²) in [5, 5.41) is 17.5. The molecule has 0 amide bonds. The second kappa shape index (κ2) is 3.23. The maximum absolute atomic E-state index is 9.88. The molecule has 1 aromatic rings. The maximum atomic E-state index is 9.88. The lowest BCUT2D eigenvalue weighted by atomic mass is 9.97. The number of rotatable bonds is 3. The summed E-state index contributed by atoms with van der Waals surface area (Å²) in [5.74, 6) is 0. The molecule has 1 unspecified atom stereocenters. The maximum Gasteiger partial charge on any atom is 0.114 e. The molecule has 4 nitrogen and oxygen atoms in total. The lowest BCUT2D eigenvalue weighted by molar-refractivity contribution is 0.0424.